The van der Waals surface area contributed by atoms with Gasteiger partial charge in [0.1, 0.15) is 5.82 Å². The van der Waals surface area contributed by atoms with E-state index in [9.17, 15) is 14.7 Å². The Balaban J connectivity index is 1.82. The second-order valence-electron chi connectivity index (χ2n) is 5.53. The van der Waals surface area contributed by atoms with Gasteiger partial charge in [0.05, 0.1) is 11.5 Å². The molecule has 126 valence electrons. The van der Waals surface area contributed by atoms with Gasteiger partial charge in [-0.05, 0) is 17.5 Å². The first-order valence-electron chi connectivity index (χ1n) is 7.42. The zero-order chi connectivity index (χ0) is 17.1. The lowest BCUT2D eigenvalue weighted by atomic mass is 10.1. The lowest BCUT2D eigenvalue weighted by molar-refractivity contribution is -0.141. The van der Waals surface area contributed by atoms with Crippen LogP contribution in [-0.4, -0.2) is 58.0 Å². The molecular formula is C15H17N5O3S. The molecule has 0 spiro atoms. The van der Waals surface area contributed by atoms with Crippen molar-refractivity contribution in [2.45, 2.75) is 0 Å². The third-order valence-electron chi connectivity index (χ3n) is 3.87. The van der Waals surface area contributed by atoms with Gasteiger partial charge in [-0.15, -0.1) is 0 Å². The Morgan fingerprint density at radius 2 is 2.12 bits per heavy atom. The average Bonchev–Trinajstić information content (AvgIpc) is 2.99. The summed E-state index contributed by atoms with van der Waals surface area (Å²) in [5.41, 5.74) is 6.26. The van der Waals surface area contributed by atoms with Crippen molar-refractivity contribution >= 4 is 35.0 Å². The number of carboxylic acid groups (broad SMARTS) is 1. The molecule has 0 bridgehead atoms. The molecule has 8 nitrogen and oxygen atoms in total. The van der Waals surface area contributed by atoms with Gasteiger partial charge in [-0.1, -0.05) is 0 Å². The highest BCUT2D eigenvalue weighted by Gasteiger charge is 2.31. The molecule has 1 aliphatic rings. The lowest BCUT2D eigenvalue weighted by Gasteiger charge is -2.21. The zero-order valence-electron chi connectivity index (χ0n) is 12.8. The number of aliphatic carboxylic acids is 1. The molecule has 3 rings (SSSR count). The molecule has 1 atom stereocenters. The van der Waals surface area contributed by atoms with Crippen LogP contribution in [0.1, 0.15) is 10.4 Å². The Hall–Kier alpha value is -2.68. The van der Waals surface area contributed by atoms with Crippen LogP contribution in [0.15, 0.2) is 29.1 Å². The summed E-state index contributed by atoms with van der Waals surface area (Å²) in [5, 5.41) is 13.1. The van der Waals surface area contributed by atoms with Crippen molar-refractivity contribution in [1.82, 2.24) is 14.9 Å². The Bertz CT molecular complexity index is 736. The molecule has 0 saturated carbocycles. The van der Waals surface area contributed by atoms with Crippen LogP contribution in [-0.2, 0) is 4.79 Å². The van der Waals surface area contributed by atoms with Gasteiger partial charge in [-0.3, -0.25) is 9.59 Å². The highest BCUT2D eigenvalue weighted by molar-refractivity contribution is 7.08. The maximum absolute atomic E-state index is 12.5. The molecule has 1 fully saturated rings. The van der Waals surface area contributed by atoms with Crippen molar-refractivity contribution in [3.63, 3.8) is 0 Å². The molecule has 1 unspecified atom stereocenters. The van der Waals surface area contributed by atoms with E-state index in [0.717, 1.165) is 0 Å². The maximum atomic E-state index is 12.5. The Morgan fingerprint density at radius 1 is 1.29 bits per heavy atom. The molecule has 1 aliphatic heterocycles. The third kappa shape index (κ3) is 3.46. The highest BCUT2D eigenvalue weighted by Crippen LogP contribution is 2.18. The standard InChI is InChI=1S/C15H17N5O3S/c16-12-1-3-17-15(18-12)20-5-4-19(7-11(8-20)14(22)23)13(21)10-2-6-24-9-10/h1-3,6,9,11H,4-5,7-8H2,(H,22,23)(H2,16,17,18). The van der Waals surface area contributed by atoms with Gasteiger partial charge in [-0.25, -0.2) is 4.98 Å². The number of hydrogen-bond acceptors (Lipinski definition) is 7. The quantitative estimate of drug-likeness (QED) is 0.843. The van der Waals surface area contributed by atoms with Crippen molar-refractivity contribution < 1.29 is 14.7 Å². The highest BCUT2D eigenvalue weighted by atomic mass is 32.1. The summed E-state index contributed by atoms with van der Waals surface area (Å²) in [5.74, 6) is -1.12. The van der Waals surface area contributed by atoms with Crippen molar-refractivity contribution in [3.8, 4) is 0 Å². The van der Waals surface area contributed by atoms with Crippen molar-refractivity contribution in [2.75, 3.05) is 36.8 Å². The third-order valence-corrected chi connectivity index (χ3v) is 4.56. The van der Waals surface area contributed by atoms with E-state index >= 15 is 0 Å². The van der Waals surface area contributed by atoms with E-state index in [4.69, 9.17) is 5.73 Å². The van der Waals surface area contributed by atoms with Crippen LogP contribution in [0.25, 0.3) is 0 Å². The zero-order valence-corrected chi connectivity index (χ0v) is 13.6. The van der Waals surface area contributed by atoms with Gasteiger partial charge in [0.25, 0.3) is 5.91 Å². The van der Waals surface area contributed by atoms with Crippen LogP contribution in [0, 0.1) is 5.92 Å². The number of rotatable bonds is 3. The van der Waals surface area contributed by atoms with Crippen LogP contribution in [0.5, 0.6) is 0 Å². The number of aromatic nitrogens is 2. The fraction of sp³-hybridized carbons (Fsp3) is 0.333. The largest absolute Gasteiger partial charge is 0.481 e. The number of carbonyl (C=O) groups is 2. The molecule has 2 aromatic heterocycles. The molecule has 1 saturated heterocycles. The molecule has 1 amide bonds. The van der Waals surface area contributed by atoms with Gasteiger partial charge in [0.15, 0.2) is 0 Å². The first kappa shape index (κ1) is 16.2. The van der Waals surface area contributed by atoms with E-state index in [1.165, 1.54) is 17.5 Å². The van der Waals surface area contributed by atoms with E-state index in [2.05, 4.69) is 9.97 Å². The Kier molecular flexibility index (Phi) is 4.61. The van der Waals surface area contributed by atoms with Gasteiger partial charge >= 0.3 is 5.97 Å². The number of nitrogens with two attached hydrogens (primary N) is 1. The average molecular weight is 347 g/mol. The normalized spacial score (nSPS) is 18.2. The van der Waals surface area contributed by atoms with Gasteiger partial charge in [0, 0.05) is 37.8 Å². The second-order valence-corrected chi connectivity index (χ2v) is 6.31. The maximum Gasteiger partial charge on any atom is 0.310 e. The molecule has 2 aromatic rings. The summed E-state index contributed by atoms with van der Waals surface area (Å²) >= 11 is 1.44. The van der Waals surface area contributed by atoms with E-state index in [1.807, 2.05) is 5.38 Å². The smallest absolute Gasteiger partial charge is 0.310 e. The first-order valence-corrected chi connectivity index (χ1v) is 8.36. The predicted molar refractivity (Wildman–Crippen MR) is 90.0 cm³/mol. The summed E-state index contributed by atoms with van der Waals surface area (Å²) < 4.78 is 0. The Labute approximate surface area is 142 Å². The predicted octanol–water partition coefficient (Wildman–Crippen LogP) is 0.784. The van der Waals surface area contributed by atoms with Crippen molar-refractivity contribution in [2.24, 2.45) is 5.92 Å². The monoisotopic (exact) mass is 347 g/mol. The molecule has 0 aromatic carbocycles. The molecule has 24 heavy (non-hydrogen) atoms. The van der Waals surface area contributed by atoms with Crippen molar-refractivity contribution in [1.29, 1.82) is 0 Å². The number of nitrogens with zero attached hydrogens (tertiary/aromatic N) is 4. The van der Waals surface area contributed by atoms with E-state index < -0.39 is 11.9 Å². The number of thiophene rings is 1. The fourth-order valence-corrected chi connectivity index (χ4v) is 3.25. The number of hydrogen-bond donors (Lipinski definition) is 2. The van der Waals surface area contributed by atoms with Crippen LogP contribution >= 0.6 is 11.3 Å². The fourth-order valence-electron chi connectivity index (χ4n) is 2.62. The van der Waals surface area contributed by atoms with Gasteiger partial charge in [0.2, 0.25) is 5.95 Å². The van der Waals surface area contributed by atoms with Gasteiger partial charge < -0.3 is 20.6 Å². The summed E-state index contributed by atoms with van der Waals surface area (Å²) in [6, 6.07) is 3.31. The lowest BCUT2D eigenvalue weighted by Crippen LogP contribution is -2.37. The minimum absolute atomic E-state index is 0.155. The summed E-state index contributed by atoms with van der Waals surface area (Å²) in [6.07, 6.45) is 1.53. The molecule has 0 radical (unpaired) electrons. The van der Waals surface area contributed by atoms with Crippen LogP contribution in [0.3, 0.4) is 0 Å². The second kappa shape index (κ2) is 6.83. The SMILES string of the molecule is Nc1ccnc(N2CCN(C(=O)c3ccsc3)CC(C(=O)O)C2)n1. The van der Waals surface area contributed by atoms with Crippen LogP contribution < -0.4 is 10.6 Å². The molecule has 0 aliphatic carbocycles. The van der Waals surface area contributed by atoms with E-state index in [0.29, 0.717) is 30.4 Å². The number of amides is 1. The minimum Gasteiger partial charge on any atom is -0.481 e. The van der Waals surface area contributed by atoms with E-state index in [-0.39, 0.29) is 19.0 Å². The number of nitrogen functional groups attached to an aromatic ring is 1. The van der Waals surface area contributed by atoms with Crippen LogP contribution in [0.2, 0.25) is 0 Å². The molecule has 9 heteroatoms. The van der Waals surface area contributed by atoms with Crippen molar-refractivity contribution in [3.05, 3.63) is 34.7 Å². The molecule has 3 N–H and O–H groups in total. The number of carbonyl (C=O) groups excluding carboxylic acids is 1. The summed E-state index contributed by atoms with van der Waals surface area (Å²) in [7, 11) is 0. The summed E-state index contributed by atoms with van der Waals surface area (Å²) in [6.45, 7) is 1.23. The molecule has 3 heterocycles. The van der Waals surface area contributed by atoms with E-state index in [1.54, 1.807) is 27.3 Å². The van der Waals surface area contributed by atoms with Crippen LogP contribution in [0.4, 0.5) is 11.8 Å². The number of anilines is 2. The summed E-state index contributed by atoms with van der Waals surface area (Å²) in [4.78, 5) is 35.8. The number of carboxylic acids is 1. The topological polar surface area (TPSA) is 113 Å². The molecular weight excluding hydrogens is 330 g/mol. The Morgan fingerprint density at radius 3 is 2.79 bits per heavy atom. The van der Waals surface area contributed by atoms with Gasteiger partial charge in [-0.2, -0.15) is 16.3 Å². The first-order chi connectivity index (χ1) is 11.5. The minimum atomic E-state index is -0.950.